The summed E-state index contributed by atoms with van der Waals surface area (Å²) in [5, 5.41) is 0. The summed E-state index contributed by atoms with van der Waals surface area (Å²) >= 11 is 6.85. The first-order valence-corrected chi connectivity index (χ1v) is 13.4. The number of rotatable bonds is 11. The van der Waals surface area contributed by atoms with Gasteiger partial charge < -0.3 is 9.47 Å². The van der Waals surface area contributed by atoms with Crippen molar-refractivity contribution in [3.05, 3.63) is 139 Å². The zero-order valence-corrected chi connectivity index (χ0v) is 23.5. The maximum Gasteiger partial charge on any atom is 0.150 e. The van der Waals surface area contributed by atoms with Crippen molar-refractivity contribution in [1.82, 2.24) is 0 Å². The van der Waals surface area contributed by atoms with Gasteiger partial charge in [0, 0.05) is 20.1 Å². The lowest BCUT2D eigenvalue weighted by molar-refractivity contribution is -0.107. The summed E-state index contributed by atoms with van der Waals surface area (Å²) in [5.41, 5.74) is 4.27. The van der Waals surface area contributed by atoms with E-state index >= 15 is 0 Å². The zero-order valence-electron chi connectivity index (χ0n) is 20.4. The highest BCUT2D eigenvalue weighted by molar-refractivity contribution is 9.10. The van der Waals surface area contributed by atoms with Crippen LogP contribution in [-0.2, 0) is 22.8 Å². The highest BCUT2D eigenvalue weighted by Crippen LogP contribution is 2.21. The summed E-state index contributed by atoms with van der Waals surface area (Å²) in [6.07, 6.45) is 4.74. The van der Waals surface area contributed by atoms with Gasteiger partial charge >= 0.3 is 0 Å². The number of carbonyl (C=O) groups excluding carboxylic acids is 2. The number of hydrogen-bond donors (Lipinski definition) is 0. The molecule has 0 spiro atoms. The number of benzene rings is 4. The van der Waals surface area contributed by atoms with E-state index in [1.165, 1.54) is 0 Å². The molecule has 0 bridgehead atoms. The number of aldehydes is 2. The highest BCUT2D eigenvalue weighted by Gasteiger charge is 2.06. The van der Waals surface area contributed by atoms with Crippen molar-refractivity contribution in [2.45, 2.75) is 13.2 Å². The van der Waals surface area contributed by atoms with Crippen LogP contribution < -0.4 is 9.47 Å². The maximum absolute atomic E-state index is 11.8. The van der Waals surface area contributed by atoms with Gasteiger partial charge in [-0.25, -0.2) is 0 Å². The molecule has 4 aromatic carbocycles. The Morgan fingerprint density at radius 1 is 0.526 bits per heavy atom. The Bertz CT molecular complexity index is 1310. The second-order valence-electron chi connectivity index (χ2n) is 8.40. The minimum Gasteiger partial charge on any atom is -0.489 e. The fraction of sp³-hybridized carbons (Fsp3) is 0.0625. The van der Waals surface area contributed by atoms with Crippen LogP contribution >= 0.6 is 31.9 Å². The minimum absolute atomic E-state index is 0.291. The van der Waals surface area contributed by atoms with Gasteiger partial charge in [0.15, 0.2) is 12.6 Å². The molecule has 4 aromatic rings. The fourth-order valence-electron chi connectivity index (χ4n) is 3.55. The average Bonchev–Trinajstić information content (AvgIpc) is 2.95. The molecule has 38 heavy (non-hydrogen) atoms. The Morgan fingerprint density at radius 2 is 0.868 bits per heavy atom. The second-order valence-corrected chi connectivity index (χ2v) is 10.2. The summed E-state index contributed by atoms with van der Waals surface area (Å²) < 4.78 is 13.7. The van der Waals surface area contributed by atoms with Gasteiger partial charge in [-0.05, 0) is 82.9 Å². The van der Waals surface area contributed by atoms with Gasteiger partial charge in [-0.2, -0.15) is 0 Å². The Kier molecular flexibility index (Phi) is 9.84. The van der Waals surface area contributed by atoms with Crippen molar-refractivity contribution in [2.75, 3.05) is 0 Å². The Hall–Kier alpha value is -3.74. The van der Waals surface area contributed by atoms with Gasteiger partial charge in [0.2, 0.25) is 0 Å². The van der Waals surface area contributed by atoms with Crippen LogP contribution in [0.15, 0.2) is 117 Å². The molecule has 0 atom stereocenters. The van der Waals surface area contributed by atoms with Crippen molar-refractivity contribution in [2.24, 2.45) is 0 Å². The lowest BCUT2D eigenvalue weighted by Gasteiger charge is -2.08. The van der Waals surface area contributed by atoms with Crippen LogP contribution in [0.5, 0.6) is 11.5 Å². The van der Waals surface area contributed by atoms with Gasteiger partial charge in [-0.3, -0.25) is 9.59 Å². The van der Waals surface area contributed by atoms with E-state index in [0.717, 1.165) is 31.2 Å². The lowest BCUT2D eigenvalue weighted by Crippen LogP contribution is -1.96. The number of ether oxygens (including phenoxy) is 2. The predicted molar refractivity (Wildman–Crippen MR) is 158 cm³/mol. The molecule has 4 nitrogen and oxygen atoms in total. The van der Waals surface area contributed by atoms with Crippen LogP contribution in [0.2, 0.25) is 0 Å². The van der Waals surface area contributed by atoms with Crippen LogP contribution in [0.1, 0.15) is 22.3 Å². The zero-order chi connectivity index (χ0) is 26.7. The molecule has 0 saturated carbocycles. The van der Waals surface area contributed by atoms with Gasteiger partial charge in [-0.1, -0.05) is 80.4 Å². The van der Waals surface area contributed by atoms with Crippen LogP contribution in [0.25, 0.3) is 12.2 Å². The van der Waals surface area contributed by atoms with Crippen molar-refractivity contribution in [3.63, 3.8) is 0 Å². The molecule has 0 heterocycles. The number of allylic oxidation sites excluding steroid dienone is 2. The number of carbonyl (C=O) groups is 2. The molecule has 0 aliphatic rings. The van der Waals surface area contributed by atoms with E-state index in [1.807, 2.05) is 97.1 Å². The molecule has 0 fully saturated rings. The van der Waals surface area contributed by atoms with Gasteiger partial charge in [0.1, 0.15) is 24.7 Å². The molecule has 0 saturated heterocycles. The molecule has 0 aromatic heterocycles. The van der Waals surface area contributed by atoms with Gasteiger partial charge in [-0.15, -0.1) is 0 Å². The van der Waals surface area contributed by atoms with Gasteiger partial charge in [0.25, 0.3) is 0 Å². The van der Waals surface area contributed by atoms with E-state index in [0.29, 0.717) is 48.4 Å². The van der Waals surface area contributed by atoms with Crippen LogP contribution in [0.4, 0.5) is 0 Å². The quantitative estimate of drug-likeness (QED) is 0.0950. The first-order chi connectivity index (χ1) is 18.5. The SMILES string of the molecule is O=CC(=C/c1ccc(OCc2ccc(Br)cc2)cc1)/C(C=O)=C\c1ccc(OCc2ccc(Br)cc2)cc1. The molecule has 6 heteroatoms. The molecular weight excluding hydrogens is 608 g/mol. The van der Waals surface area contributed by atoms with Crippen molar-refractivity contribution >= 4 is 56.6 Å². The summed E-state index contributed by atoms with van der Waals surface area (Å²) in [6, 6.07) is 30.6. The Labute approximate surface area is 238 Å². The first kappa shape index (κ1) is 27.3. The third-order valence-electron chi connectivity index (χ3n) is 5.63. The van der Waals surface area contributed by atoms with E-state index in [1.54, 1.807) is 12.2 Å². The lowest BCUT2D eigenvalue weighted by atomic mass is 10.0. The molecule has 4 rings (SSSR count). The monoisotopic (exact) mass is 630 g/mol. The third-order valence-corrected chi connectivity index (χ3v) is 6.69. The van der Waals surface area contributed by atoms with Crippen molar-refractivity contribution in [1.29, 1.82) is 0 Å². The van der Waals surface area contributed by atoms with Gasteiger partial charge in [0.05, 0.1) is 0 Å². The van der Waals surface area contributed by atoms with Crippen LogP contribution in [0.3, 0.4) is 0 Å². The number of hydrogen-bond acceptors (Lipinski definition) is 4. The van der Waals surface area contributed by atoms with Crippen molar-refractivity contribution < 1.29 is 19.1 Å². The van der Waals surface area contributed by atoms with Crippen LogP contribution in [-0.4, -0.2) is 12.6 Å². The summed E-state index contributed by atoms with van der Waals surface area (Å²) in [4.78, 5) is 23.7. The Balaban J connectivity index is 1.39. The summed E-state index contributed by atoms with van der Waals surface area (Å²) in [6.45, 7) is 0.905. The topological polar surface area (TPSA) is 52.6 Å². The molecular formula is C32H24Br2O4. The minimum atomic E-state index is 0.291. The number of halogens is 2. The smallest absolute Gasteiger partial charge is 0.150 e. The molecule has 0 aliphatic heterocycles. The molecule has 0 aliphatic carbocycles. The van der Waals surface area contributed by atoms with E-state index in [2.05, 4.69) is 31.9 Å². The third kappa shape index (κ3) is 8.13. The van der Waals surface area contributed by atoms with E-state index < -0.39 is 0 Å². The summed E-state index contributed by atoms with van der Waals surface area (Å²) in [5.74, 6) is 1.43. The molecule has 0 unspecified atom stereocenters. The first-order valence-electron chi connectivity index (χ1n) is 11.8. The molecule has 0 N–H and O–H groups in total. The van der Waals surface area contributed by atoms with Crippen LogP contribution in [0, 0.1) is 0 Å². The Morgan fingerprint density at radius 3 is 1.18 bits per heavy atom. The molecule has 190 valence electrons. The van der Waals surface area contributed by atoms with E-state index in [-0.39, 0.29) is 0 Å². The second kappa shape index (κ2) is 13.7. The standard InChI is InChI=1S/C32H24Br2O4/c33-29-9-1-25(2-10-29)21-37-31-13-5-23(6-14-31)17-27(19-35)28(20-36)18-24-7-15-32(16-8-24)38-22-26-3-11-30(34)12-4-26/h1-20H,21-22H2/b27-17-,28-18-. The van der Waals surface area contributed by atoms with Crippen molar-refractivity contribution in [3.8, 4) is 11.5 Å². The average molecular weight is 632 g/mol. The summed E-state index contributed by atoms with van der Waals surface area (Å²) in [7, 11) is 0. The molecule has 0 amide bonds. The predicted octanol–water partition coefficient (Wildman–Crippen LogP) is 8.23. The normalized spacial score (nSPS) is 11.6. The molecule has 0 radical (unpaired) electrons. The maximum atomic E-state index is 11.8. The highest BCUT2D eigenvalue weighted by atomic mass is 79.9. The van der Waals surface area contributed by atoms with E-state index in [9.17, 15) is 9.59 Å². The fourth-order valence-corrected chi connectivity index (χ4v) is 4.07. The largest absolute Gasteiger partial charge is 0.489 e. The van der Waals surface area contributed by atoms with E-state index in [4.69, 9.17) is 9.47 Å².